The molecule has 1 unspecified atom stereocenters. The van der Waals surface area contributed by atoms with Crippen molar-refractivity contribution < 1.29 is 5.11 Å². The smallest absolute Gasteiger partial charge is 0.130 e. The molecular weight excluding hydrogens is 252 g/mol. The van der Waals surface area contributed by atoms with Gasteiger partial charge in [-0.15, -0.1) is 0 Å². The summed E-state index contributed by atoms with van der Waals surface area (Å²) in [6.45, 7) is 12.0. The van der Waals surface area contributed by atoms with Crippen LogP contribution >= 0.6 is 0 Å². The Bertz CT molecular complexity index is 474. The summed E-state index contributed by atoms with van der Waals surface area (Å²) in [7, 11) is 1.84. The molecule has 1 aliphatic rings. The van der Waals surface area contributed by atoms with Gasteiger partial charge in [0.25, 0.3) is 0 Å². The van der Waals surface area contributed by atoms with Gasteiger partial charge in [0.2, 0.25) is 0 Å². The van der Waals surface area contributed by atoms with Crippen LogP contribution in [0, 0.1) is 5.41 Å². The number of aliphatic hydroxyl groups is 1. The number of aliphatic imine (C=N–C) groups is 1. The molecular formula is C15H26N4O. The van der Waals surface area contributed by atoms with Gasteiger partial charge < -0.3 is 21.1 Å². The average Bonchev–Trinajstić information content (AvgIpc) is 2.58. The highest BCUT2D eigenvalue weighted by Crippen LogP contribution is 2.47. The number of nitrogens with two attached hydrogens (primary N) is 1. The number of aliphatic hydroxyl groups excluding tert-OH is 1. The molecule has 4 N–H and O–H groups in total. The topological polar surface area (TPSA) is 73.9 Å². The van der Waals surface area contributed by atoms with Crippen molar-refractivity contribution in [3.05, 3.63) is 35.9 Å². The molecule has 0 radical (unpaired) electrons. The highest BCUT2D eigenvalue weighted by Gasteiger charge is 2.48. The van der Waals surface area contributed by atoms with Crippen molar-refractivity contribution in [2.75, 3.05) is 13.7 Å². The second-order valence-corrected chi connectivity index (χ2v) is 5.31. The molecule has 112 valence electrons. The Balaban J connectivity index is 3.35. The van der Waals surface area contributed by atoms with E-state index in [-0.39, 0.29) is 12.6 Å². The maximum absolute atomic E-state index is 9.85. The zero-order valence-electron chi connectivity index (χ0n) is 13.1. The molecule has 0 aromatic heterocycles. The summed E-state index contributed by atoms with van der Waals surface area (Å²) in [4.78, 5) is 6.39. The number of nitrogens with zero attached hydrogens (tertiary/aromatic N) is 2. The van der Waals surface area contributed by atoms with Crippen LogP contribution in [0.3, 0.4) is 0 Å². The molecule has 0 spiro atoms. The highest BCUT2D eigenvalue weighted by atomic mass is 16.3. The summed E-state index contributed by atoms with van der Waals surface area (Å²) < 4.78 is 0. The minimum atomic E-state index is -0.396. The molecule has 0 saturated carbocycles. The largest absolute Gasteiger partial charge is 0.395 e. The third-order valence-electron chi connectivity index (χ3n) is 3.94. The molecule has 0 aromatic carbocycles. The van der Waals surface area contributed by atoms with Crippen LogP contribution in [-0.4, -0.2) is 35.5 Å². The van der Waals surface area contributed by atoms with Gasteiger partial charge in [-0.3, -0.25) is 0 Å². The lowest BCUT2D eigenvalue weighted by molar-refractivity contribution is 0.132. The Morgan fingerprint density at radius 2 is 2.25 bits per heavy atom. The van der Waals surface area contributed by atoms with Crippen LogP contribution in [0.5, 0.6) is 0 Å². The molecule has 5 heteroatoms. The summed E-state index contributed by atoms with van der Waals surface area (Å²) >= 11 is 0. The van der Waals surface area contributed by atoms with E-state index in [2.05, 4.69) is 23.8 Å². The van der Waals surface area contributed by atoms with Gasteiger partial charge in [-0.2, -0.15) is 0 Å². The normalized spacial score (nSPS) is 30.3. The molecule has 1 aliphatic heterocycles. The first kappa shape index (κ1) is 16.3. The Hall–Kier alpha value is -1.75. The lowest BCUT2D eigenvalue weighted by Gasteiger charge is -2.31. The number of hydrogen-bond acceptors (Lipinski definition) is 4. The third kappa shape index (κ3) is 2.58. The fourth-order valence-corrected chi connectivity index (χ4v) is 2.59. The van der Waals surface area contributed by atoms with Crippen molar-refractivity contribution >= 4 is 5.84 Å². The number of amidine groups is 1. The number of nitrogens with one attached hydrogen (secondary N) is 1. The monoisotopic (exact) mass is 278 g/mol. The van der Waals surface area contributed by atoms with E-state index in [1.165, 1.54) is 0 Å². The van der Waals surface area contributed by atoms with Gasteiger partial charge >= 0.3 is 0 Å². The molecule has 2 atom stereocenters. The van der Waals surface area contributed by atoms with E-state index in [0.29, 0.717) is 5.84 Å². The average molecular weight is 278 g/mol. The predicted molar refractivity (Wildman–Crippen MR) is 83.8 cm³/mol. The predicted octanol–water partition coefficient (Wildman–Crippen LogP) is 1.54. The minimum absolute atomic E-state index is 0.0360. The Morgan fingerprint density at radius 3 is 2.65 bits per heavy atom. The van der Waals surface area contributed by atoms with Crippen LogP contribution in [0.25, 0.3) is 0 Å². The van der Waals surface area contributed by atoms with Crippen molar-refractivity contribution in [1.29, 1.82) is 0 Å². The van der Waals surface area contributed by atoms with E-state index in [1.54, 1.807) is 6.92 Å². The summed E-state index contributed by atoms with van der Waals surface area (Å²) in [6.07, 6.45) is 3.79. The molecule has 0 aromatic rings. The molecule has 1 saturated heterocycles. The molecule has 20 heavy (non-hydrogen) atoms. The zero-order valence-corrected chi connectivity index (χ0v) is 13.1. The quantitative estimate of drug-likeness (QED) is 0.539. The van der Waals surface area contributed by atoms with Crippen LogP contribution in [0.2, 0.25) is 0 Å². The van der Waals surface area contributed by atoms with Gasteiger partial charge in [-0.25, -0.2) is 4.99 Å². The van der Waals surface area contributed by atoms with Gasteiger partial charge in [-0.05, 0) is 26.8 Å². The fraction of sp³-hybridized carbons (Fsp3) is 0.533. The standard InChI is InChI=1S/C15H26N4O/c1-7-14(18-12(4)16)19-10(2)13(8-17-6)15(5,9-20)11(19)3/h7-8,11,17,20H,2,9H2,1,3-6H3,(H2,16,18)/b13-8+,14-7+/t11?,15-/m0/s1. The second kappa shape index (κ2) is 6.13. The number of hydrogen-bond donors (Lipinski definition) is 3. The number of allylic oxidation sites excluding steroid dienone is 2. The molecule has 0 bridgehead atoms. The highest BCUT2D eigenvalue weighted by molar-refractivity contribution is 5.78. The maximum atomic E-state index is 9.85. The molecule has 5 nitrogen and oxygen atoms in total. The van der Waals surface area contributed by atoms with Crippen LogP contribution in [0.4, 0.5) is 0 Å². The zero-order chi connectivity index (χ0) is 15.5. The van der Waals surface area contributed by atoms with E-state index in [9.17, 15) is 5.11 Å². The summed E-state index contributed by atoms with van der Waals surface area (Å²) in [5.41, 5.74) is 7.12. The number of rotatable bonds is 4. The Labute approximate surface area is 121 Å². The van der Waals surface area contributed by atoms with Gasteiger partial charge in [0.1, 0.15) is 5.82 Å². The van der Waals surface area contributed by atoms with Crippen LogP contribution < -0.4 is 11.1 Å². The lowest BCUT2D eigenvalue weighted by atomic mass is 9.80. The first-order valence-electron chi connectivity index (χ1n) is 6.77. The summed E-state index contributed by atoms with van der Waals surface area (Å²) in [6, 6.07) is 0.0360. The molecule has 0 amide bonds. The minimum Gasteiger partial charge on any atom is -0.395 e. The van der Waals surface area contributed by atoms with Gasteiger partial charge in [0.15, 0.2) is 0 Å². The first-order valence-corrected chi connectivity index (χ1v) is 6.77. The van der Waals surface area contributed by atoms with E-state index in [1.807, 2.05) is 38.1 Å². The second-order valence-electron chi connectivity index (χ2n) is 5.31. The molecule has 0 aliphatic carbocycles. The van der Waals surface area contributed by atoms with Gasteiger partial charge in [0, 0.05) is 36.0 Å². The van der Waals surface area contributed by atoms with E-state index < -0.39 is 5.41 Å². The van der Waals surface area contributed by atoms with Crippen molar-refractivity contribution in [1.82, 2.24) is 10.2 Å². The maximum Gasteiger partial charge on any atom is 0.130 e. The van der Waals surface area contributed by atoms with E-state index in [0.717, 1.165) is 17.1 Å². The van der Waals surface area contributed by atoms with E-state index >= 15 is 0 Å². The van der Waals surface area contributed by atoms with Gasteiger partial charge in [-0.1, -0.05) is 13.5 Å². The third-order valence-corrected chi connectivity index (χ3v) is 3.94. The van der Waals surface area contributed by atoms with Crippen molar-refractivity contribution in [2.45, 2.75) is 33.7 Å². The lowest BCUT2D eigenvalue weighted by Crippen LogP contribution is -2.37. The fourth-order valence-electron chi connectivity index (χ4n) is 2.59. The Kier molecular flexibility index (Phi) is 5.00. The first-order chi connectivity index (χ1) is 9.33. The van der Waals surface area contributed by atoms with Crippen LogP contribution in [-0.2, 0) is 0 Å². The number of likely N-dealkylation sites (tertiary alicyclic amines) is 1. The molecule has 1 heterocycles. The SMILES string of the molecule is C=C1/C(=C\NC)[C@@](C)(CO)C(C)N1C(=C/C)/N=C(\C)N. The van der Waals surface area contributed by atoms with Crippen molar-refractivity contribution in [3.63, 3.8) is 0 Å². The Morgan fingerprint density at radius 1 is 1.65 bits per heavy atom. The van der Waals surface area contributed by atoms with Crippen LogP contribution in [0.1, 0.15) is 27.7 Å². The van der Waals surface area contributed by atoms with Crippen molar-refractivity contribution in [3.8, 4) is 0 Å². The van der Waals surface area contributed by atoms with E-state index in [4.69, 9.17) is 5.73 Å². The molecule has 1 rings (SSSR count). The van der Waals surface area contributed by atoms with Crippen LogP contribution in [0.15, 0.2) is 40.9 Å². The van der Waals surface area contributed by atoms with Crippen molar-refractivity contribution in [2.24, 2.45) is 16.1 Å². The molecule has 1 fully saturated rings. The van der Waals surface area contributed by atoms with Gasteiger partial charge in [0.05, 0.1) is 12.4 Å². The summed E-state index contributed by atoms with van der Waals surface area (Å²) in [5, 5.41) is 12.9. The summed E-state index contributed by atoms with van der Waals surface area (Å²) in [5.74, 6) is 1.25.